The van der Waals surface area contributed by atoms with Gasteiger partial charge in [-0.25, -0.2) is 10.2 Å². The van der Waals surface area contributed by atoms with Crippen molar-refractivity contribution in [3.8, 4) is 17.2 Å². The first kappa shape index (κ1) is 21.6. The molecule has 0 atom stereocenters. The van der Waals surface area contributed by atoms with E-state index in [4.69, 9.17) is 9.47 Å². The van der Waals surface area contributed by atoms with E-state index in [9.17, 15) is 14.7 Å². The van der Waals surface area contributed by atoms with Crippen LogP contribution in [0.15, 0.2) is 90.0 Å². The monoisotopic (exact) mass is 440 g/mol. The number of hydrogen-bond donors (Lipinski definition) is 2. The number of hydrazone groups is 1. The minimum atomic E-state index is -0.544. The van der Waals surface area contributed by atoms with Gasteiger partial charge in [0.1, 0.15) is 5.75 Å². The van der Waals surface area contributed by atoms with Gasteiger partial charge in [0.15, 0.2) is 11.5 Å². The van der Waals surface area contributed by atoms with Gasteiger partial charge in [-0.1, -0.05) is 48.5 Å². The number of phenolic OH excluding ortho intramolecular Hbond substituents is 1. The highest BCUT2D eigenvalue weighted by molar-refractivity contribution is 6.05. The van der Waals surface area contributed by atoms with Crippen LogP contribution in [-0.2, 0) is 0 Å². The van der Waals surface area contributed by atoms with Crippen molar-refractivity contribution in [1.82, 2.24) is 5.43 Å². The molecule has 0 spiro atoms. The van der Waals surface area contributed by atoms with Crippen molar-refractivity contribution >= 4 is 28.9 Å². The molecule has 0 aliphatic heterocycles. The molecule has 0 aliphatic rings. The lowest BCUT2D eigenvalue weighted by Crippen LogP contribution is -2.17. The SMILES string of the molecule is COc1cc(/C=N\NC(=O)c2ccccc2O)ccc1OC(=O)c1cccc2ccccc12. The molecule has 0 aromatic heterocycles. The third-order valence-electron chi connectivity index (χ3n) is 4.93. The molecule has 0 radical (unpaired) electrons. The number of benzene rings is 4. The first-order chi connectivity index (χ1) is 16.1. The van der Waals surface area contributed by atoms with Crippen molar-refractivity contribution in [2.24, 2.45) is 5.10 Å². The molecule has 33 heavy (non-hydrogen) atoms. The molecule has 7 heteroatoms. The molecule has 164 valence electrons. The maximum absolute atomic E-state index is 12.8. The van der Waals surface area contributed by atoms with Crippen LogP contribution in [0.2, 0.25) is 0 Å². The standard InChI is InChI=1S/C26H20N2O5/c1-32-24-15-17(16-27-28-25(30)21-10-4-5-12-22(21)29)13-14-23(24)33-26(31)20-11-6-8-18-7-2-3-9-19(18)20/h2-16,29H,1H3,(H,28,30)/b27-16-. The smallest absolute Gasteiger partial charge is 0.344 e. The van der Waals surface area contributed by atoms with Gasteiger partial charge in [-0.3, -0.25) is 4.79 Å². The second-order valence-electron chi connectivity index (χ2n) is 7.04. The van der Waals surface area contributed by atoms with E-state index in [1.807, 2.05) is 30.3 Å². The molecular formula is C26H20N2O5. The molecule has 4 rings (SSSR count). The summed E-state index contributed by atoms with van der Waals surface area (Å²) in [6, 6.07) is 24.1. The number of para-hydroxylation sites is 1. The van der Waals surface area contributed by atoms with E-state index in [0.717, 1.165) is 10.8 Å². The number of ether oxygens (including phenoxy) is 2. The van der Waals surface area contributed by atoms with Crippen LogP contribution in [0.4, 0.5) is 0 Å². The number of phenols is 1. The first-order valence-electron chi connectivity index (χ1n) is 10.1. The van der Waals surface area contributed by atoms with Crippen molar-refractivity contribution in [3.05, 3.63) is 102 Å². The van der Waals surface area contributed by atoms with E-state index in [1.54, 1.807) is 42.5 Å². The van der Waals surface area contributed by atoms with E-state index >= 15 is 0 Å². The number of fused-ring (bicyclic) bond motifs is 1. The number of carbonyl (C=O) groups is 2. The maximum Gasteiger partial charge on any atom is 0.344 e. The number of rotatable bonds is 6. The van der Waals surface area contributed by atoms with Crippen LogP contribution >= 0.6 is 0 Å². The quantitative estimate of drug-likeness (QED) is 0.199. The molecule has 0 saturated carbocycles. The Balaban J connectivity index is 1.49. The van der Waals surface area contributed by atoms with Crippen LogP contribution in [0.1, 0.15) is 26.3 Å². The average Bonchev–Trinajstić information content (AvgIpc) is 2.84. The Kier molecular flexibility index (Phi) is 6.31. The second-order valence-corrected chi connectivity index (χ2v) is 7.04. The zero-order chi connectivity index (χ0) is 23.2. The van der Waals surface area contributed by atoms with E-state index in [1.165, 1.54) is 25.5 Å². The molecule has 0 unspecified atom stereocenters. The third-order valence-corrected chi connectivity index (χ3v) is 4.93. The van der Waals surface area contributed by atoms with Crippen molar-refractivity contribution in [2.45, 2.75) is 0 Å². The Labute approximate surface area is 189 Å². The van der Waals surface area contributed by atoms with Crippen LogP contribution in [-0.4, -0.2) is 30.3 Å². The van der Waals surface area contributed by atoms with Crippen LogP contribution in [0.5, 0.6) is 17.2 Å². The van der Waals surface area contributed by atoms with E-state index < -0.39 is 11.9 Å². The van der Waals surface area contributed by atoms with Gasteiger partial charge in [-0.2, -0.15) is 5.10 Å². The fourth-order valence-electron chi connectivity index (χ4n) is 3.30. The van der Waals surface area contributed by atoms with E-state index in [-0.39, 0.29) is 17.1 Å². The lowest BCUT2D eigenvalue weighted by atomic mass is 10.0. The molecule has 4 aromatic carbocycles. The number of hydrogen-bond acceptors (Lipinski definition) is 6. The van der Waals surface area contributed by atoms with Crippen LogP contribution in [0.25, 0.3) is 10.8 Å². The van der Waals surface area contributed by atoms with Gasteiger partial charge in [-0.15, -0.1) is 0 Å². The van der Waals surface area contributed by atoms with Gasteiger partial charge >= 0.3 is 5.97 Å². The molecule has 0 saturated heterocycles. The van der Waals surface area contributed by atoms with Gasteiger partial charge in [0.2, 0.25) is 0 Å². The number of esters is 1. The summed E-state index contributed by atoms with van der Waals surface area (Å²) < 4.78 is 11.0. The number of amides is 1. The van der Waals surface area contributed by atoms with Crippen molar-refractivity contribution in [1.29, 1.82) is 0 Å². The molecule has 7 nitrogen and oxygen atoms in total. The summed E-state index contributed by atoms with van der Waals surface area (Å²) in [5.41, 5.74) is 3.53. The number of nitrogens with one attached hydrogen (secondary N) is 1. The summed E-state index contributed by atoms with van der Waals surface area (Å²) in [6.07, 6.45) is 1.41. The summed E-state index contributed by atoms with van der Waals surface area (Å²) >= 11 is 0. The Morgan fingerprint density at radius 3 is 2.42 bits per heavy atom. The highest BCUT2D eigenvalue weighted by Gasteiger charge is 2.15. The molecule has 0 heterocycles. The lowest BCUT2D eigenvalue weighted by molar-refractivity contribution is 0.0731. The van der Waals surface area contributed by atoms with Crippen LogP contribution < -0.4 is 14.9 Å². The lowest BCUT2D eigenvalue weighted by Gasteiger charge is -2.11. The van der Waals surface area contributed by atoms with Gasteiger partial charge < -0.3 is 14.6 Å². The first-order valence-corrected chi connectivity index (χ1v) is 10.1. The zero-order valence-electron chi connectivity index (χ0n) is 17.7. The second kappa shape index (κ2) is 9.65. The number of nitrogens with zero attached hydrogens (tertiary/aromatic N) is 1. The predicted octanol–water partition coefficient (Wildman–Crippen LogP) is 4.54. The van der Waals surface area contributed by atoms with Gasteiger partial charge in [0.25, 0.3) is 5.91 Å². The number of carbonyl (C=O) groups excluding carboxylic acids is 2. The molecule has 0 aliphatic carbocycles. The topological polar surface area (TPSA) is 97.2 Å². The van der Waals surface area contributed by atoms with Crippen LogP contribution in [0, 0.1) is 0 Å². The minimum absolute atomic E-state index is 0.114. The highest BCUT2D eigenvalue weighted by atomic mass is 16.6. The number of aromatic hydroxyl groups is 1. The van der Waals surface area contributed by atoms with Gasteiger partial charge in [0, 0.05) is 0 Å². The Morgan fingerprint density at radius 1 is 0.879 bits per heavy atom. The molecule has 0 bridgehead atoms. The summed E-state index contributed by atoms with van der Waals surface area (Å²) in [7, 11) is 1.46. The van der Waals surface area contributed by atoms with Crippen molar-refractivity contribution < 1.29 is 24.2 Å². The van der Waals surface area contributed by atoms with E-state index in [0.29, 0.717) is 16.9 Å². The average molecular weight is 440 g/mol. The molecule has 4 aromatic rings. The normalized spacial score (nSPS) is 10.8. The largest absolute Gasteiger partial charge is 0.507 e. The highest BCUT2D eigenvalue weighted by Crippen LogP contribution is 2.29. The minimum Gasteiger partial charge on any atom is -0.507 e. The molecule has 1 amide bonds. The Bertz CT molecular complexity index is 1360. The zero-order valence-corrected chi connectivity index (χ0v) is 17.7. The fourth-order valence-corrected chi connectivity index (χ4v) is 3.30. The third kappa shape index (κ3) is 4.83. The maximum atomic E-state index is 12.8. The van der Waals surface area contributed by atoms with Crippen LogP contribution in [0.3, 0.4) is 0 Å². The summed E-state index contributed by atoms with van der Waals surface area (Å²) in [6.45, 7) is 0. The summed E-state index contributed by atoms with van der Waals surface area (Å²) in [4.78, 5) is 24.9. The Hall–Kier alpha value is -4.65. The molecular weight excluding hydrogens is 420 g/mol. The van der Waals surface area contributed by atoms with E-state index in [2.05, 4.69) is 10.5 Å². The summed E-state index contributed by atoms with van der Waals surface area (Å²) in [5.74, 6) is -0.590. The van der Waals surface area contributed by atoms with Crippen molar-refractivity contribution in [2.75, 3.05) is 7.11 Å². The summed E-state index contributed by atoms with van der Waals surface area (Å²) in [5, 5.41) is 15.4. The van der Waals surface area contributed by atoms with Crippen molar-refractivity contribution in [3.63, 3.8) is 0 Å². The molecule has 2 N–H and O–H groups in total. The molecule has 0 fully saturated rings. The number of methoxy groups -OCH3 is 1. The Morgan fingerprint density at radius 2 is 1.61 bits per heavy atom. The predicted molar refractivity (Wildman–Crippen MR) is 125 cm³/mol. The van der Waals surface area contributed by atoms with Gasteiger partial charge in [0.05, 0.1) is 24.5 Å². The van der Waals surface area contributed by atoms with Gasteiger partial charge in [-0.05, 0) is 52.7 Å². The fraction of sp³-hybridized carbons (Fsp3) is 0.0385.